The third kappa shape index (κ3) is 6.27. The molecule has 0 saturated heterocycles. The number of aliphatic hydroxyl groups is 1. The summed E-state index contributed by atoms with van der Waals surface area (Å²) < 4.78 is 5.35. The average molecular weight is 385 g/mol. The Morgan fingerprint density at radius 1 is 1.04 bits per heavy atom. The van der Waals surface area contributed by atoms with E-state index < -0.39 is 11.7 Å². The number of anilines is 2. The molecule has 5 nitrogen and oxygen atoms in total. The molecule has 28 heavy (non-hydrogen) atoms. The second kappa shape index (κ2) is 10.1. The van der Waals surface area contributed by atoms with Gasteiger partial charge in [-0.2, -0.15) is 0 Å². The quantitative estimate of drug-likeness (QED) is 0.612. The van der Waals surface area contributed by atoms with Crippen LogP contribution in [0.5, 0.6) is 0 Å². The fourth-order valence-electron chi connectivity index (χ4n) is 3.27. The van der Waals surface area contributed by atoms with Crippen LogP contribution >= 0.6 is 0 Å². The highest BCUT2D eigenvalue weighted by Crippen LogP contribution is 2.34. The molecular weight excluding hydrogens is 352 g/mol. The van der Waals surface area contributed by atoms with Crippen molar-refractivity contribution in [3.8, 4) is 11.1 Å². The average Bonchev–Trinajstić information content (AvgIpc) is 2.65. The molecule has 0 aromatic heterocycles. The molecule has 1 aliphatic rings. The molecule has 2 aromatic carbocycles. The third-order valence-electron chi connectivity index (χ3n) is 4.41. The Morgan fingerprint density at radius 2 is 1.79 bits per heavy atom. The van der Waals surface area contributed by atoms with Gasteiger partial charge < -0.3 is 15.2 Å². The SMILES string of the molecule is CC(C)(C)OC(=O)Nc1ccc2c(c1)NCCCCCc1ccccc1-2.CO. The lowest BCUT2D eigenvalue weighted by molar-refractivity contribution is 0.0636. The predicted molar refractivity (Wildman–Crippen MR) is 116 cm³/mol. The van der Waals surface area contributed by atoms with Gasteiger partial charge in [-0.15, -0.1) is 0 Å². The van der Waals surface area contributed by atoms with Crippen molar-refractivity contribution in [2.24, 2.45) is 0 Å². The maximum Gasteiger partial charge on any atom is 0.412 e. The molecule has 0 radical (unpaired) electrons. The van der Waals surface area contributed by atoms with Gasteiger partial charge in [0.25, 0.3) is 0 Å². The Kier molecular flexibility index (Phi) is 7.88. The van der Waals surface area contributed by atoms with Crippen molar-refractivity contribution in [1.82, 2.24) is 0 Å². The van der Waals surface area contributed by atoms with Crippen LogP contribution in [0.25, 0.3) is 11.1 Å². The summed E-state index contributed by atoms with van der Waals surface area (Å²) in [6.45, 7) is 6.51. The van der Waals surface area contributed by atoms with Crippen LogP contribution in [0.3, 0.4) is 0 Å². The van der Waals surface area contributed by atoms with E-state index >= 15 is 0 Å². The lowest BCUT2D eigenvalue weighted by atomic mass is 9.93. The number of aryl methyl sites for hydroxylation is 1. The molecule has 1 aliphatic heterocycles. The van der Waals surface area contributed by atoms with Crippen LogP contribution in [-0.2, 0) is 11.2 Å². The van der Waals surface area contributed by atoms with E-state index in [2.05, 4.69) is 41.0 Å². The number of hydrogen-bond acceptors (Lipinski definition) is 4. The number of rotatable bonds is 1. The van der Waals surface area contributed by atoms with E-state index in [-0.39, 0.29) is 0 Å². The zero-order chi connectivity index (χ0) is 20.6. The number of aliphatic hydroxyl groups excluding tert-OH is 1. The summed E-state index contributed by atoms with van der Waals surface area (Å²) in [7, 11) is 1.00. The molecular formula is C23H32N2O3. The molecule has 1 heterocycles. The smallest absolute Gasteiger partial charge is 0.412 e. The first-order chi connectivity index (χ1) is 13.4. The van der Waals surface area contributed by atoms with Gasteiger partial charge in [0.05, 0.1) is 0 Å². The van der Waals surface area contributed by atoms with Crippen molar-refractivity contribution in [3.63, 3.8) is 0 Å². The standard InChI is InChI=1S/C22H28N2O2.CH4O/c1-22(2,3)26-21(25)24-17-12-13-19-18-11-7-6-10-16(18)9-5-4-8-14-23-20(19)15-17;1-2/h6-7,10-13,15,23H,4-5,8-9,14H2,1-3H3,(H,24,25);2H,1H3. The van der Waals surface area contributed by atoms with Gasteiger partial charge in [-0.05, 0) is 63.3 Å². The summed E-state index contributed by atoms with van der Waals surface area (Å²) in [6.07, 6.45) is 4.25. The Balaban J connectivity index is 0.00000136. The largest absolute Gasteiger partial charge is 0.444 e. The second-order valence-corrected chi connectivity index (χ2v) is 7.78. The van der Waals surface area contributed by atoms with E-state index in [4.69, 9.17) is 9.84 Å². The van der Waals surface area contributed by atoms with Crippen molar-refractivity contribution in [3.05, 3.63) is 48.0 Å². The maximum atomic E-state index is 12.1. The van der Waals surface area contributed by atoms with Crippen LogP contribution in [0.2, 0.25) is 0 Å². The van der Waals surface area contributed by atoms with Gasteiger partial charge in [0.2, 0.25) is 0 Å². The predicted octanol–water partition coefficient (Wildman–Crippen LogP) is 5.45. The van der Waals surface area contributed by atoms with Crippen LogP contribution in [0.15, 0.2) is 42.5 Å². The Bertz CT molecular complexity index is 782. The summed E-state index contributed by atoms with van der Waals surface area (Å²) in [6, 6.07) is 14.6. The van der Waals surface area contributed by atoms with Crippen LogP contribution in [0.4, 0.5) is 16.2 Å². The van der Waals surface area contributed by atoms with Gasteiger partial charge >= 0.3 is 6.09 Å². The fourth-order valence-corrected chi connectivity index (χ4v) is 3.27. The molecule has 3 N–H and O–H groups in total. The minimum absolute atomic E-state index is 0.433. The number of fused-ring (bicyclic) bond motifs is 3. The lowest BCUT2D eigenvalue weighted by Gasteiger charge is -2.21. The fraction of sp³-hybridized carbons (Fsp3) is 0.435. The highest BCUT2D eigenvalue weighted by atomic mass is 16.6. The number of amides is 1. The number of ether oxygens (including phenoxy) is 1. The lowest BCUT2D eigenvalue weighted by Crippen LogP contribution is -2.27. The monoisotopic (exact) mass is 384 g/mol. The van der Waals surface area contributed by atoms with Gasteiger partial charge in [-0.1, -0.05) is 36.8 Å². The molecule has 1 amide bonds. The minimum Gasteiger partial charge on any atom is -0.444 e. The Labute approximate surface area is 168 Å². The summed E-state index contributed by atoms with van der Waals surface area (Å²) in [5.41, 5.74) is 5.09. The zero-order valence-corrected chi connectivity index (χ0v) is 17.3. The first-order valence-corrected chi connectivity index (χ1v) is 9.83. The summed E-state index contributed by atoms with van der Waals surface area (Å²) >= 11 is 0. The topological polar surface area (TPSA) is 70.6 Å². The molecule has 0 unspecified atom stereocenters. The maximum absolute atomic E-state index is 12.1. The first-order valence-electron chi connectivity index (χ1n) is 9.83. The highest BCUT2D eigenvalue weighted by Gasteiger charge is 2.17. The Hall–Kier alpha value is -2.53. The molecule has 3 rings (SSSR count). The third-order valence-corrected chi connectivity index (χ3v) is 4.41. The Morgan fingerprint density at radius 3 is 2.54 bits per heavy atom. The molecule has 2 aromatic rings. The van der Waals surface area contributed by atoms with Crippen LogP contribution in [-0.4, -0.2) is 30.5 Å². The number of hydrogen-bond donors (Lipinski definition) is 3. The van der Waals surface area contributed by atoms with Crippen molar-refractivity contribution < 1.29 is 14.6 Å². The van der Waals surface area contributed by atoms with E-state index in [9.17, 15) is 4.79 Å². The molecule has 152 valence electrons. The number of benzene rings is 2. The van der Waals surface area contributed by atoms with Crippen molar-refractivity contribution in [2.45, 2.75) is 52.1 Å². The second-order valence-electron chi connectivity index (χ2n) is 7.78. The van der Waals surface area contributed by atoms with Gasteiger partial charge in [0.15, 0.2) is 0 Å². The molecule has 5 heteroatoms. The normalized spacial score (nSPS) is 13.6. The highest BCUT2D eigenvalue weighted by molar-refractivity contribution is 5.89. The van der Waals surface area contributed by atoms with Gasteiger partial charge in [-0.3, -0.25) is 5.32 Å². The van der Waals surface area contributed by atoms with Gasteiger partial charge in [0, 0.05) is 30.6 Å². The number of nitrogens with one attached hydrogen (secondary N) is 2. The van der Waals surface area contributed by atoms with Crippen LogP contribution in [0.1, 0.15) is 45.6 Å². The molecule has 0 saturated carbocycles. The molecule has 0 fully saturated rings. The zero-order valence-electron chi connectivity index (χ0n) is 17.3. The summed E-state index contributed by atoms with van der Waals surface area (Å²) in [5.74, 6) is 0. The molecule has 0 atom stereocenters. The van der Waals surface area contributed by atoms with E-state index in [0.29, 0.717) is 0 Å². The van der Waals surface area contributed by atoms with E-state index in [0.717, 1.165) is 37.9 Å². The minimum atomic E-state index is -0.513. The van der Waals surface area contributed by atoms with Crippen LogP contribution < -0.4 is 10.6 Å². The first kappa shape index (κ1) is 21.8. The summed E-state index contributed by atoms with van der Waals surface area (Å²) in [5, 5.41) is 13.4. The van der Waals surface area contributed by atoms with Gasteiger partial charge in [-0.25, -0.2) is 4.79 Å². The molecule has 0 aliphatic carbocycles. The van der Waals surface area contributed by atoms with Crippen molar-refractivity contribution in [1.29, 1.82) is 0 Å². The number of carbonyl (C=O) groups excluding carboxylic acids is 1. The molecule has 0 bridgehead atoms. The van der Waals surface area contributed by atoms with Gasteiger partial charge in [0.1, 0.15) is 5.60 Å². The number of carbonyl (C=O) groups is 1. The van der Waals surface area contributed by atoms with Crippen molar-refractivity contribution >= 4 is 17.5 Å². The summed E-state index contributed by atoms with van der Waals surface area (Å²) in [4.78, 5) is 12.1. The van der Waals surface area contributed by atoms with Crippen molar-refractivity contribution in [2.75, 3.05) is 24.3 Å². The van der Waals surface area contributed by atoms with Crippen LogP contribution in [0, 0.1) is 0 Å². The van der Waals surface area contributed by atoms with E-state index in [1.165, 1.54) is 29.5 Å². The molecule has 0 spiro atoms. The van der Waals surface area contributed by atoms with E-state index in [1.807, 2.05) is 32.9 Å². The van der Waals surface area contributed by atoms with E-state index in [1.54, 1.807) is 0 Å².